The molecule has 0 atom stereocenters. The van der Waals surface area contributed by atoms with Crippen molar-refractivity contribution in [1.82, 2.24) is 14.9 Å². The third kappa shape index (κ3) is 3.08. The van der Waals surface area contributed by atoms with Crippen LogP contribution in [0.2, 0.25) is 0 Å². The van der Waals surface area contributed by atoms with Gasteiger partial charge >= 0.3 is 6.03 Å². The SMILES string of the molecule is O=C1N(C/C=C/c2ccccc2)CCN1c1ncccn1. The Balaban J connectivity index is 1.61. The molecule has 1 aromatic carbocycles. The maximum Gasteiger partial charge on any atom is 0.327 e. The molecule has 1 saturated heterocycles. The minimum atomic E-state index is -0.0427. The van der Waals surface area contributed by atoms with Crippen molar-refractivity contribution >= 4 is 18.1 Å². The van der Waals surface area contributed by atoms with Crippen LogP contribution in [0.1, 0.15) is 5.56 Å². The number of amides is 2. The van der Waals surface area contributed by atoms with Gasteiger partial charge in [0, 0.05) is 32.0 Å². The molecule has 0 aliphatic carbocycles. The van der Waals surface area contributed by atoms with Crippen molar-refractivity contribution in [1.29, 1.82) is 0 Å². The van der Waals surface area contributed by atoms with Crippen LogP contribution in [0.3, 0.4) is 0 Å². The monoisotopic (exact) mass is 280 g/mol. The highest BCUT2D eigenvalue weighted by atomic mass is 16.2. The van der Waals surface area contributed by atoms with Crippen molar-refractivity contribution in [3.05, 3.63) is 60.4 Å². The fraction of sp³-hybridized carbons (Fsp3) is 0.188. The van der Waals surface area contributed by atoms with Gasteiger partial charge in [-0.3, -0.25) is 4.90 Å². The van der Waals surface area contributed by atoms with E-state index in [-0.39, 0.29) is 6.03 Å². The number of carbonyl (C=O) groups is 1. The third-order valence-electron chi connectivity index (χ3n) is 3.32. The number of rotatable bonds is 4. The number of hydrogen-bond donors (Lipinski definition) is 0. The lowest BCUT2D eigenvalue weighted by Crippen LogP contribution is -2.32. The predicted molar refractivity (Wildman–Crippen MR) is 81.8 cm³/mol. The third-order valence-corrected chi connectivity index (χ3v) is 3.32. The van der Waals surface area contributed by atoms with Crippen LogP contribution in [-0.4, -0.2) is 40.5 Å². The standard InChI is InChI=1S/C16H16N4O/c21-16-19(11-4-8-14-6-2-1-3-7-14)12-13-20(16)15-17-9-5-10-18-15/h1-10H,11-13H2/b8-4+. The molecule has 1 aliphatic heterocycles. The molecule has 0 radical (unpaired) electrons. The summed E-state index contributed by atoms with van der Waals surface area (Å²) < 4.78 is 0. The first kappa shape index (κ1) is 13.3. The Kier molecular flexibility index (Phi) is 3.91. The van der Waals surface area contributed by atoms with Crippen molar-refractivity contribution in [3.63, 3.8) is 0 Å². The fourth-order valence-electron chi connectivity index (χ4n) is 2.25. The van der Waals surface area contributed by atoms with Gasteiger partial charge in [0.1, 0.15) is 0 Å². The van der Waals surface area contributed by atoms with E-state index in [1.165, 1.54) is 0 Å². The van der Waals surface area contributed by atoms with Crippen LogP contribution in [-0.2, 0) is 0 Å². The van der Waals surface area contributed by atoms with Crippen LogP contribution < -0.4 is 4.90 Å². The van der Waals surface area contributed by atoms with Gasteiger partial charge in [0.25, 0.3) is 0 Å². The van der Waals surface area contributed by atoms with Crippen LogP contribution in [0.5, 0.6) is 0 Å². The maximum atomic E-state index is 12.3. The summed E-state index contributed by atoms with van der Waals surface area (Å²) in [7, 11) is 0. The second-order valence-corrected chi connectivity index (χ2v) is 4.74. The quantitative estimate of drug-likeness (QED) is 0.864. The molecule has 1 aliphatic rings. The number of hydrogen-bond acceptors (Lipinski definition) is 3. The predicted octanol–water partition coefficient (Wildman–Crippen LogP) is 2.43. The molecule has 0 unspecified atom stereocenters. The van der Waals surface area contributed by atoms with Crippen molar-refractivity contribution in [2.45, 2.75) is 0 Å². The van der Waals surface area contributed by atoms with E-state index < -0.39 is 0 Å². The fourth-order valence-corrected chi connectivity index (χ4v) is 2.25. The van der Waals surface area contributed by atoms with E-state index in [9.17, 15) is 4.79 Å². The topological polar surface area (TPSA) is 49.3 Å². The Morgan fingerprint density at radius 3 is 2.57 bits per heavy atom. The van der Waals surface area contributed by atoms with Crippen molar-refractivity contribution < 1.29 is 4.79 Å². The molecular formula is C16H16N4O. The van der Waals surface area contributed by atoms with Gasteiger partial charge in [-0.25, -0.2) is 14.8 Å². The Morgan fingerprint density at radius 2 is 1.81 bits per heavy atom. The summed E-state index contributed by atoms with van der Waals surface area (Å²) in [6.07, 6.45) is 7.32. The number of carbonyl (C=O) groups excluding carboxylic acids is 1. The molecule has 0 bridgehead atoms. The average molecular weight is 280 g/mol. The van der Waals surface area contributed by atoms with E-state index in [1.807, 2.05) is 42.5 Å². The Labute approximate surface area is 123 Å². The number of benzene rings is 1. The smallest absolute Gasteiger partial charge is 0.319 e. The van der Waals surface area contributed by atoms with Gasteiger partial charge in [0.15, 0.2) is 0 Å². The second-order valence-electron chi connectivity index (χ2n) is 4.74. The lowest BCUT2D eigenvalue weighted by molar-refractivity contribution is 0.225. The number of aromatic nitrogens is 2. The normalized spacial score (nSPS) is 15.1. The van der Waals surface area contributed by atoms with Gasteiger partial charge < -0.3 is 4.90 Å². The Hall–Kier alpha value is -2.69. The number of urea groups is 1. The maximum absolute atomic E-state index is 12.3. The van der Waals surface area contributed by atoms with Gasteiger partial charge in [0.05, 0.1) is 0 Å². The molecule has 2 aromatic rings. The second kappa shape index (κ2) is 6.17. The van der Waals surface area contributed by atoms with Crippen LogP contribution in [0.15, 0.2) is 54.9 Å². The molecule has 21 heavy (non-hydrogen) atoms. The van der Waals surface area contributed by atoms with E-state index in [0.717, 1.165) is 5.56 Å². The summed E-state index contributed by atoms with van der Waals surface area (Å²) in [5.74, 6) is 0.469. The molecule has 1 aromatic heterocycles. The van der Waals surface area contributed by atoms with E-state index in [4.69, 9.17) is 0 Å². The van der Waals surface area contributed by atoms with Gasteiger partial charge in [-0.1, -0.05) is 42.5 Å². The van der Waals surface area contributed by atoms with E-state index >= 15 is 0 Å². The van der Waals surface area contributed by atoms with E-state index in [2.05, 4.69) is 9.97 Å². The average Bonchev–Trinajstić information content (AvgIpc) is 2.90. The first-order valence-electron chi connectivity index (χ1n) is 6.89. The minimum Gasteiger partial charge on any atom is -0.319 e. The van der Waals surface area contributed by atoms with Gasteiger partial charge in [-0.2, -0.15) is 0 Å². The molecule has 106 valence electrons. The minimum absolute atomic E-state index is 0.0427. The molecule has 5 nitrogen and oxygen atoms in total. The summed E-state index contributed by atoms with van der Waals surface area (Å²) in [4.78, 5) is 23.9. The lowest BCUT2D eigenvalue weighted by atomic mass is 10.2. The summed E-state index contributed by atoms with van der Waals surface area (Å²) in [6.45, 7) is 1.91. The van der Waals surface area contributed by atoms with Gasteiger partial charge in [-0.15, -0.1) is 0 Å². The largest absolute Gasteiger partial charge is 0.327 e. The molecule has 0 saturated carbocycles. The molecule has 2 heterocycles. The molecular weight excluding hydrogens is 264 g/mol. The van der Waals surface area contributed by atoms with Crippen molar-refractivity contribution in [2.75, 3.05) is 24.5 Å². The summed E-state index contributed by atoms with van der Waals surface area (Å²) in [5.41, 5.74) is 1.13. The Bertz CT molecular complexity index is 627. The summed E-state index contributed by atoms with van der Waals surface area (Å²) >= 11 is 0. The molecule has 2 amide bonds. The first-order chi connectivity index (χ1) is 10.3. The van der Waals surface area contributed by atoms with Crippen molar-refractivity contribution in [3.8, 4) is 0 Å². The van der Waals surface area contributed by atoms with Gasteiger partial charge in [0.2, 0.25) is 5.95 Å². The number of anilines is 1. The summed E-state index contributed by atoms with van der Waals surface area (Å²) in [5, 5.41) is 0. The molecule has 0 spiro atoms. The highest BCUT2D eigenvalue weighted by Crippen LogP contribution is 2.15. The lowest BCUT2D eigenvalue weighted by Gasteiger charge is -2.15. The van der Waals surface area contributed by atoms with Crippen LogP contribution in [0.4, 0.5) is 10.7 Å². The Morgan fingerprint density at radius 1 is 1.05 bits per heavy atom. The van der Waals surface area contributed by atoms with Crippen LogP contribution >= 0.6 is 0 Å². The summed E-state index contributed by atoms with van der Waals surface area (Å²) in [6, 6.07) is 11.7. The van der Waals surface area contributed by atoms with E-state index in [0.29, 0.717) is 25.6 Å². The molecule has 5 heteroatoms. The molecule has 3 rings (SSSR count). The van der Waals surface area contributed by atoms with Crippen molar-refractivity contribution in [2.24, 2.45) is 0 Å². The highest BCUT2D eigenvalue weighted by Gasteiger charge is 2.30. The molecule has 1 fully saturated rings. The zero-order valence-corrected chi connectivity index (χ0v) is 11.6. The van der Waals surface area contributed by atoms with Crippen LogP contribution in [0, 0.1) is 0 Å². The van der Waals surface area contributed by atoms with Gasteiger partial charge in [-0.05, 0) is 11.6 Å². The zero-order chi connectivity index (χ0) is 14.5. The van der Waals surface area contributed by atoms with Crippen LogP contribution in [0.25, 0.3) is 6.08 Å². The number of nitrogens with zero attached hydrogens (tertiary/aromatic N) is 4. The van der Waals surface area contributed by atoms with E-state index in [1.54, 1.807) is 28.3 Å². The molecule has 0 N–H and O–H groups in total. The zero-order valence-electron chi connectivity index (χ0n) is 11.6. The highest BCUT2D eigenvalue weighted by molar-refractivity contribution is 5.92. The first-order valence-corrected chi connectivity index (χ1v) is 6.89.